The summed E-state index contributed by atoms with van der Waals surface area (Å²) in [5.74, 6) is -3.02. The van der Waals surface area contributed by atoms with Crippen molar-refractivity contribution in [1.29, 1.82) is 0 Å². The van der Waals surface area contributed by atoms with Crippen LogP contribution in [0.2, 0.25) is 0 Å². The highest BCUT2D eigenvalue weighted by Crippen LogP contribution is 2.42. The monoisotopic (exact) mass is 505 g/mol. The van der Waals surface area contributed by atoms with E-state index in [0.717, 1.165) is 13.0 Å². The molecule has 0 aliphatic heterocycles. The van der Waals surface area contributed by atoms with Crippen molar-refractivity contribution in [2.45, 2.75) is 64.9 Å². The van der Waals surface area contributed by atoms with Crippen LogP contribution in [0.3, 0.4) is 0 Å². The molecule has 2 rings (SSSR count). The van der Waals surface area contributed by atoms with Gasteiger partial charge in [0.2, 0.25) is 0 Å². The van der Waals surface area contributed by atoms with E-state index in [4.69, 9.17) is 4.74 Å². The fraction of sp³-hybridized carbons (Fsp3) is 0.458. The van der Waals surface area contributed by atoms with Gasteiger partial charge in [0.15, 0.2) is 0 Å². The highest BCUT2D eigenvalue weighted by molar-refractivity contribution is 7.90. The third kappa shape index (κ3) is 6.28. The maximum absolute atomic E-state index is 15.5. The summed E-state index contributed by atoms with van der Waals surface area (Å²) in [7, 11) is 0. The number of nitrogens with one attached hydrogen (secondary N) is 1. The van der Waals surface area contributed by atoms with Gasteiger partial charge in [0.25, 0.3) is 0 Å². The van der Waals surface area contributed by atoms with E-state index in [0.29, 0.717) is 0 Å². The van der Waals surface area contributed by atoms with Crippen LogP contribution in [0.25, 0.3) is 11.1 Å². The van der Waals surface area contributed by atoms with Gasteiger partial charge in [0.1, 0.15) is 16.4 Å². The first-order valence-electron chi connectivity index (χ1n) is 10.6. The molecule has 0 aliphatic carbocycles. The van der Waals surface area contributed by atoms with Crippen molar-refractivity contribution in [2.24, 2.45) is 0 Å². The molecule has 2 aromatic rings. The Morgan fingerprint density at radius 1 is 1.12 bits per heavy atom. The van der Waals surface area contributed by atoms with E-state index in [1.165, 1.54) is 25.1 Å². The maximum atomic E-state index is 15.5. The van der Waals surface area contributed by atoms with Gasteiger partial charge >= 0.3 is 12.1 Å². The highest BCUT2D eigenvalue weighted by atomic mass is 32.2. The Hall–Kier alpha value is -2.17. The molecule has 4 nitrogen and oxygen atoms in total. The predicted molar refractivity (Wildman–Crippen MR) is 121 cm³/mol. The lowest BCUT2D eigenvalue weighted by molar-refractivity contribution is -0.143. The zero-order chi connectivity index (χ0) is 26.0. The SMILES string of the molecule is CCOC(=O)CC(N[S+]([O-])C(C)(C)C)c1cc(-c2cccc(F)c2C)c(C)c(C(F)(F)F)c1F. The van der Waals surface area contributed by atoms with Crippen molar-refractivity contribution in [3.8, 4) is 11.1 Å². The Bertz CT molecular complexity index is 1050. The van der Waals surface area contributed by atoms with Gasteiger partial charge in [-0.3, -0.25) is 4.79 Å². The molecule has 1 N–H and O–H groups in total. The Labute approximate surface area is 199 Å². The molecule has 0 bridgehead atoms. The molecular weight excluding hydrogens is 477 g/mol. The smallest absolute Gasteiger partial charge is 0.419 e. The van der Waals surface area contributed by atoms with Gasteiger partial charge in [0, 0.05) is 16.9 Å². The fourth-order valence-corrected chi connectivity index (χ4v) is 4.27. The summed E-state index contributed by atoms with van der Waals surface area (Å²) in [6, 6.07) is 3.70. The first-order chi connectivity index (χ1) is 15.6. The number of benzene rings is 2. The third-order valence-electron chi connectivity index (χ3n) is 5.25. The largest absolute Gasteiger partial charge is 0.598 e. The number of hydrogen-bond donors (Lipinski definition) is 1. The summed E-state index contributed by atoms with van der Waals surface area (Å²) in [6.07, 6.45) is -5.63. The second kappa shape index (κ2) is 10.6. The molecule has 2 aromatic carbocycles. The Balaban J connectivity index is 2.83. The third-order valence-corrected chi connectivity index (χ3v) is 6.86. The van der Waals surface area contributed by atoms with Gasteiger partial charge < -0.3 is 9.29 Å². The molecule has 0 amide bonds. The molecule has 2 unspecified atom stereocenters. The van der Waals surface area contributed by atoms with Crippen molar-refractivity contribution >= 4 is 17.3 Å². The van der Waals surface area contributed by atoms with E-state index in [-0.39, 0.29) is 23.3 Å². The number of alkyl halides is 3. The van der Waals surface area contributed by atoms with Crippen LogP contribution in [0.1, 0.15) is 62.4 Å². The highest BCUT2D eigenvalue weighted by Gasteiger charge is 2.41. The first kappa shape index (κ1) is 28.1. The summed E-state index contributed by atoms with van der Waals surface area (Å²) < 4.78 is 91.0. The number of ether oxygens (including phenoxy) is 1. The van der Waals surface area contributed by atoms with Gasteiger partial charge in [-0.05, 0) is 75.9 Å². The summed E-state index contributed by atoms with van der Waals surface area (Å²) in [6.45, 7) is 8.92. The fourth-order valence-electron chi connectivity index (χ4n) is 3.45. The van der Waals surface area contributed by atoms with Gasteiger partial charge in [-0.1, -0.05) is 12.1 Å². The minimum absolute atomic E-state index is 0.00579. The zero-order valence-corrected chi connectivity index (χ0v) is 20.6. The van der Waals surface area contributed by atoms with Crippen LogP contribution in [0.15, 0.2) is 24.3 Å². The average Bonchev–Trinajstić information content (AvgIpc) is 2.68. The van der Waals surface area contributed by atoms with Crippen molar-refractivity contribution in [2.75, 3.05) is 6.61 Å². The quantitative estimate of drug-likeness (QED) is 0.272. The van der Waals surface area contributed by atoms with E-state index in [9.17, 15) is 26.9 Å². The summed E-state index contributed by atoms with van der Waals surface area (Å²) >= 11 is -1.85. The second-order valence-corrected chi connectivity index (χ2v) is 10.8. The summed E-state index contributed by atoms with van der Waals surface area (Å²) in [4.78, 5) is 12.2. The van der Waals surface area contributed by atoms with E-state index >= 15 is 4.39 Å². The molecule has 34 heavy (non-hydrogen) atoms. The Morgan fingerprint density at radius 3 is 2.26 bits per heavy atom. The topological polar surface area (TPSA) is 61.4 Å². The number of halogens is 5. The van der Waals surface area contributed by atoms with Gasteiger partial charge in [0.05, 0.1) is 24.6 Å². The first-order valence-corrected chi connectivity index (χ1v) is 11.7. The molecule has 2 atom stereocenters. The molecule has 0 spiro atoms. The van der Waals surface area contributed by atoms with Crippen LogP contribution >= 0.6 is 0 Å². The van der Waals surface area contributed by atoms with Crippen molar-refractivity contribution in [1.82, 2.24) is 4.72 Å². The molecule has 10 heteroatoms. The Kier molecular flexibility index (Phi) is 8.77. The van der Waals surface area contributed by atoms with Gasteiger partial charge in [-0.2, -0.15) is 13.2 Å². The summed E-state index contributed by atoms with van der Waals surface area (Å²) in [5, 5.41) is 0. The molecule has 188 valence electrons. The molecule has 0 saturated heterocycles. The molecule has 0 aromatic heterocycles. The van der Waals surface area contributed by atoms with Crippen molar-refractivity contribution in [3.63, 3.8) is 0 Å². The molecule has 0 heterocycles. The van der Waals surface area contributed by atoms with Crippen molar-refractivity contribution in [3.05, 3.63) is 58.2 Å². The Morgan fingerprint density at radius 2 is 1.74 bits per heavy atom. The summed E-state index contributed by atoms with van der Waals surface area (Å²) in [5.41, 5.74) is -2.27. The predicted octanol–water partition coefficient (Wildman–Crippen LogP) is 6.31. The van der Waals surface area contributed by atoms with E-state index in [1.807, 2.05) is 0 Å². The van der Waals surface area contributed by atoms with Gasteiger partial charge in [-0.15, -0.1) is 4.72 Å². The van der Waals surface area contributed by atoms with E-state index in [2.05, 4.69) is 4.72 Å². The number of rotatable bonds is 7. The van der Waals surface area contributed by atoms with Crippen LogP contribution < -0.4 is 4.72 Å². The number of carbonyl (C=O) groups excluding carboxylic acids is 1. The normalized spacial score (nSPS) is 14.1. The number of esters is 1. The minimum atomic E-state index is -5.07. The van der Waals surface area contributed by atoms with Crippen LogP contribution in [-0.2, 0) is 27.1 Å². The van der Waals surface area contributed by atoms with Crippen LogP contribution in [-0.4, -0.2) is 21.9 Å². The average molecular weight is 506 g/mol. The van der Waals surface area contributed by atoms with Gasteiger partial charge in [-0.25, -0.2) is 8.78 Å². The second-order valence-electron chi connectivity index (χ2n) is 8.80. The maximum Gasteiger partial charge on any atom is 0.419 e. The lowest BCUT2D eigenvalue weighted by atomic mass is 9.88. The van der Waals surface area contributed by atoms with E-state index < -0.39 is 69.0 Å². The minimum Gasteiger partial charge on any atom is -0.598 e. The van der Waals surface area contributed by atoms with E-state index in [1.54, 1.807) is 27.7 Å². The molecule has 0 saturated carbocycles. The van der Waals surface area contributed by atoms with Crippen LogP contribution in [0.4, 0.5) is 22.0 Å². The lowest BCUT2D eigenvalue weighted by Crippen LogP contribution is -2.42. The number of hydrogen-bond acceptors (Lipinski definition) is 4. The lowest BCUT2D eigenvalue weighted by Gasteiger charge is -2.29. The zero-order valence-electron chi connectivity index (χ0n) is 19.8. The van der Waals surface area contributed by atoms with Crippen LogP contribution in [0.5, 0.6) is 0 Å². The van der Waals surface area contributed by atoms with Crippen molar-refractivity contribution < 1.29 is 36.0 Å². The molecule has 0 radical (unpaired) electrons. The number of carbonyl (C=O) groups is 1. The molecule has 0 aliphatic rings. The molecular formula is C24H28F5NO3S. The van der Waals surface area contributed by atoms with Crippen LogP contribution in [0, 0.1) is 25.5 Å². The molecule has 0 fully saturated rings. The standard InChI is InChI=1S/C24H28F5NO3S/c1-7-33-20(31)12-19(30-34(32)23(4,5)6)17-11-16(15-9-8-10-18(25)13(15)2)14(3)21(22(17)26)24(27,28)29/h8-11,19,30H,7,12H2,1-6H3.